The Morgan fingerprint density at radius 3 is 2.96 bits per heavy atom. The summed E-state index contributed by atoms with van der Waals surface area (Å²) in [6, 6.07) is 6.77. The van der Waals surface area contributed by atoms with Crippen LogP contribution in [-0.2, 0) is 4.79 Å². The molecule has 6 heteroatoms. The highest BCUT2D eigenvalue weighted by atomic mass is 19.1. The lowest BCUT2D eigenvalue weighted by Gasteiger charge is -2.21. The van der Waals surface area contributed by atoms with Crippen LogP contribution in [0.25, 0.3) is 0 Å². The molecule has 1 heterocycles. The van der Waals surface area contributed by atoms with Crippen LogP contribution in [0.1, 0.15) is 50.6 Å². The number of benzene rings is 1. The lowest BCUT2D eigenvalue weighted by Crippen LogP contribution is -2.42. The molecule has 1 amide bonds. The molecular formula is C18H29FN4O. The van der Waals surface area contributed by atoms with Crippen molar-refractivity contribution in [3.05, 3.63) is 35.6 Å². The van der Waals surface area contributed by atoms with E-state index >= 15 is 0 Å². The minimum atomic E-state index is -0.386. The van der Waals surface area contributed by atoms with Crippen molar-refractivity contribution < 1.29 is 9.18 Å². The molecular weight excluding hydrogens is 307 g/mol. The lowest BCUT2D eigenvalue weighted by atomic mass is 9.99. The highest BCUT2D eigenvalue weighted by Gasteiger charge is 2.25. The number of nitrogens with zero attached hydrogens (tertiary/aromatic N) is 1. The largest absolute Gasteiger partial charge is 0.344 e. The van der Waals surface area contributed by atoms with Gasteiger partial charge in [0, 0.05) is 25.7 Å². The summed E-state index contributed by atoms with van der Waals surface area (Å²) in [6.07, 6.45) is 4.43. The van der Waals surface area contributed by atoms with E-state index in [1.54, 1.807) is 17.0 Å². The number of amides is 1. The molecule has 1 aliphatic heterocycles. The molecule has 3 unspecified atom stereocenters. The van der Waals surface area contributed by atoms with E-state index in [-0.39, 0.29) is 23.8 Å². The predicted molar refractivity (Wildman–Crippen MR) is 93.6 cm³/mol. The molecule has 2 rings (SSSR count). The van der Waals surface area contributed by atoms with Crippen molar-refractivity contribution in [3.63, 3.8) is 0 Å². The molecule has 0 spiro atoms. The fraction of sp³-hybridized carbons (Fsp3) is 0.611. The van der Waals surface area contributed by atoms with Crippen molar-refractivity contribution in [1.82, 2.24) is 15.8 Å². The lowest BCUT2D eigenvalue weighted by molar-refractivity contribution is -0.131. The maximum absolute atomic E-state index is 13.3. The van der Waals surface area contributed by atoms with E-state index in [9.17, 15) is 9.18 Å². The Bertz CT molecular complexity index is 540. The highest BCUT2D eigenvalue weighted by Crippen LogP contribution is 2.24. The van der Waals surface area contributed by atoms with Crippen LogP contribution in [0.5, 0.6) is 0 Å². The van der Waals surface area contributed by atoms with Gasteiger partial charge in [-0.25, -0.2) is 4.39 Å². The molecule has 1 aromatic carbocycles. The number of likely N-dealkylation sites (N-methyl/N-ethyl adjacent to an activating group) is 1. The molecule has 0 aromatic heterocycles. The average Bonchev–Trinajstić information content (AvgIpc) is 3.03. The molecule has 0 radical (unpaired) electrons. The number of hydrogen-bond acceptors (Lipinski definition) is 4. The third kappa shape index (κ3) is 5.26. The highest BCUT2D eigenvalue weighted by molar-refractivity contribution is 5.81. The number of carbonyl (C=O) groups excluding carboxylic acids is 1. The van der Waals surface area contributed by atoms with E-state index in [0.717, 1.165) is 37.7 Å². The number of halogens is 1. The van der Waals surface area contributed by atoms with E-state index in [0.29, 0.717) is 12.6 Å². The fourth-order valence-corrected chi connectivity index (χ4v) is 3.16. The van der Waals surface area contributed by atoms with Crippen molar-refractivity contribution in [2.45, 2.75) is 57.2 Å². The fourth-order valence-electron chi connectivity index (χ4n) is 3.16. The summed E-state index contributed by atoms with van der Waals surface area (Å²) in [7, 11) is 1.81. The van der Waals surface area contributed by atoms with Crippen LogP contribution < -0.4 is 16.6 Å². The standard InChI is InChI=1S/C18H29FN4O/c1-3-6-16(20)18(24)23(2)10-5-9-15-12-17(22-21-15)13-7-4-8-14(19)11-13/h4,7-8,11,15-17,21-22H,3,5-6,9-10,12,20H2,1-2H3. The van der Waals surface area contributed by atoms with Crippen molar-refractivity contribution in [2.75, 3.05) is 13.6 Å². The Balaban J connectivity index is 1.71. The van der Waals surface area contributed by atoms with Gasteiger partial charge in [0.1, 0.15) is 5.82 Å². The first-order chi connectivity index (χ1) is 11.5. The van der Waals surface area contributed by atoms with Gasteiger partial charge in [0.15, 0.2) is 0 Å². The third-order valence-corrected chi connectivity index (χ3v) is 4.57. The van der Waals surface area contributed by atoms with Gasteiger partial charge in [-0.1, -0.05) is 25.5 Å². The van der Waals surface area contributed by atoms with Crippen LogP contribution in [0.2, 0.25) is 0 Å². The van der Waals surface area contributed by atoms with Gasteiger partial charge >= 0.3 is 0 Å². The first-order valence-corrected chi connectivity index (χ1v) is 8.78. The summed E-state index contributed by atoms with van der Waals surface area (Å²) in [4.78, 5) is 13.8. The number of nitrogens with one attached hydrogen (secondary N) is 2. The minimum absolute atomic E-state index is 0.0204. The number of hydrazine groups is 1. The Labute approximate surface area is 143 Å². The van der Waals surface area contributed by atoms with Gasteiger partial charge in [-0.3, -0.25) is 15.6 Å². The molecule has 0 bridgehead atoms. The maximum atomic E-state index is 13.3. The quantitative estimate of drug-likeness (QED) is 0.680. The van der Waals surface area contributed by atoms with Crippen molar-refractivity contribution in [2.24, 2.45) is 5.73 Å². The van der Waals surface area contributed by atoms with Gasteiger partial charge in [0.2, 0.25) is 5.91 Å². The monoisotopic (exact) mass is 336 g/mol. The second-order valence-electron chi connectivity index (χ2n) is 6.63. The topological polar surface area (TPSA) is 70.4 Å². The summed E-state index contributed by atoms with van der Waals surface area (Å²) >= 11 is 0. The zero-order valence-electron chi connectivity index (χ0n) is 14.6. The SMILES string of the molecule is CCCC(N)C(=O)N(C)CCCC1CC(c2cccc(F)c2)NN1. The number of carbonyl (C=O) groups is 1. The van der Waals surface area contributed by atoms with E-state index in [4.69, 9.17) is 5.73 Å². The number of hydrogen-bond donors (Lipinski definition) is 3. The van der Waals surface area contributed by atoms with Gasteiger partial charge in [0.05, 0.1) is 6.04 Å². The molecule has 3 atom stereocenters. The van der Waals surface area contributed by atoms with Gasteiger partial charge in [-0.15, -0.1) is 0 Å². The van der Waals surface area contributed by atoms with Crippen LogP contribution in [0.3, 0.4) is 0 Å². The molecule has 134 valence electrons. The summed E-state index contributed by atoms with van der Waals surface area (Å²) < 4.78 is 13.3. The van der Waals surface area contributed by atoms with Gasteiger partial charge in [0.25, 0.3) is 0 Å². The Kier molecular flexibility index (Phi) is 7.15. The average molecular weight is 336 g/mol. The van der Waals surface area contributed by atoms with Crippen molar-refractivity contribution >= 4 is 5.91 Å². The Morgan fingerprint density at radius 2 is 2.25 bits per heavy atom. The number of rotatable bonds is 8. The van der Waals surface area contributed by atoms with Gasteiger partial charge in [-0.2, -0.15) is 0 Å². The van der Waals surface area contributed by atoms with Crippen LogP contribution >= 0.6 is 0 Å². The zero-order valence-corrected chi connectivity index (χ0v) is 14.6. The second kappa shape index (κ2) is 9.11. The molecule has 0 saturated carbocycles. The first kappa shape index (κ1) is 18.8. The Morgan fingerprint density at radius 1 is 1.46 bits per heavy atom. The van der Waals surface area contributed by atoms with Gasteiger partial charge in [-0.05, 0) is 43.4 Å². The zero-order chi connectivity index (χ0) is 17.5. The van der Waals surface area contributed by atoms with E-state index < -0.39 is 0 Å². The van der Waals surface area contributed by atoms with Crippen molar-refractivity contribution in [1.29, 1.82) is 0 Å². The molecule has 0 aliphatic carbocycles. The summed E-state index contributed by atoms with van der Waals surface area (Å²) in [6.45, 7) is 2.74. The van der Waals surface area contributed by atoms with E-state index in [1.807, 2.05) is 20.0 Å². The van der Waals surface area contributed by atoms with Crippen LogP contribution in [0.15, 0.2) is 24.3 Å². The predicted octanol–water partition coefficient (Wildman–Crippen LogP) is 2.10. The summed E-state index contributed by atoms with van der Waals surface area (Å²) in [5.74, 6) is -0.187. The first-order valence-electron chi connectivity index (χ1n) is 8.78. The molecule has 5 nitrogen and oxygen atoms in total. The van der Waals surface area contributed by atoms with Crippen LogP contribution in [0.4, 0.5) is 4.39 Å². The minimum Gasteiger partial charge on any atom is -0.344 e. The molecule has 1 aromatic rings. The van der Waals surface area contributed by atoms with Crippen LogP contribution in [0, 0.1) is 5.82 Å². The molecule has 24 heavy (non-hydrogen) atoms. The Hall–Kier alpha value is -1.50. The van der Waals surface area contributed by atoms with Gasteiger partial charge < -0.3 is 10.6 Å². The summed E-state index contributed by atoms with van der Waals surface area (Å²) in [5.41, 5.74) is 13.3. The second-order valence-corrected chi connectivity index (χ2v) is 6.63. The van der Waals surface area contributed by atoms with E-state index in [2.05, 4.69) is 10.9 Å². The smallest absolute Gasteiger partial charge is 0.239 e. The molecule has 1 fully saturated rings. The normalized spacial score (nSPS) is 21.7. The van der Waals surface area contributed by atoms with Crippen LogP contribution in [-0.4, -0.2) is 36.5 Å². The number of nitrogens with two attached hydrogens (primary N) is 1. The van der Waals surface area contributed by atoms with Crippen molar-refractivity contribution in [3.8, 4) is 0 Å². The molecule has 4 N–H and O–H groups in total. The summed E-state index contributed by atoms with van der Waals surface area (Å²) in [5, 5.41) is 0. The molecule has 1 aliphatic rings. The third-order valence-electron chi connectivity index (χ3n) is 4.57. The maximum Gasteiger partial charge on any atom is 0.239 e. The molecule has 1 saturated heterocycles. The van der Waals surface area contributed by atoms with E-state index in [1.165, 1.54) is 6.07 Å².